The standard InChI is InChI=1S/C13H13BrN2O2S/c14-12-4-2-9(19-12)5-6-16-11-3-1-8(15)7-10(11)13(17)18/h1-4,7,16H,5-6,15H2,(H,17,18). The van der Waals surface area contributed by atoms with Crippen molar-refractivity contribution in [3.8, 4) is 0 Å². The minimum absolute atomic E-state index is 0.201. The molecule has 0 aliphatic carbocycles. The maximum atomic E-state index is 11.1. The van der Waals surface area contributed by atoms with Crippen LogP contribution in [-0.4, -0.2) is 17.6 Å². The van der Waals surface area contributed by atoms with Crippen LogP contribution in [0.2, 0.25) is 0 Å². The predicted octanol–water partition coefficient (Wildman–Crippen LogP) is 3.45. The summed E-state index contributed by atoms with van der Waals surface area (Å²) in [6.45, 7) is 0.678. The number of nitrogen functional groups attached to an aromatic ring is 1. The zero-order valence-electron chi connectivity index (χ0n) is 10.0. The Hall–Kier alpha value is -1.53. The Kier molecular flexibility index (Phi) is 4.44. The molecule has 4 nitrogen and oxygen atoms in total. The summed E-state index contributed by atoms with van der Waals surface area (Å²) >= 11 is 5.09. The molecule has 0 saturated heterocycles. The molecule has 0 radical (unpaired) electrons. The van der Waals surface area contributed by atoms with E-state index in [1.54, 1.807) is 23.5 Å². The second-order valence-corrected chi connectivity index (χ2v) is 6.54. The number of carboxylic acids is 1. The first-order valence-corrected chi connectivity index (χ1v) is 7.28. The molecule has 19 heavy (non-hydrogen) atoms. The van der Waals surface area contributed by atoms with Crippen molar-refractivity contribution in [2.45, 2.75) is 6.42 Å². The van der Waals surface area contributed by atoms with Crippen molar-refractivity contribution >= 4 is 44.6 Å². The summed E-state index contributed by atoms with van der Waals surface area (Å²) in [6, 6.07) is 8.91. The number of nitrogens with two attached hydrogens (primary N) is 1. The van der Waals surface area contributed by atoms with Gasteiger partial charge in [0.15, 0.2) is 0 Å². The van der Waals surface area contributed by atoms with E-state index in [9.17, 15) is 4.79 Å². The van der Waals surface area contributed by atoms with Crippen molar-refractivity contribution in [2.75, 3.05) is 17.6 Å². The molecule has 0 spiro atoms. The van der Waals surface area contributed by atoms with Gasteiger partial charge in [-0.3, -0.25) is 0 Å². The van der Waals surface area contributed by atoms with E-state index in [4.69, 9.17) is 10.8 Å². The van der Waals surface area contributed by atoms with Crippen LogP contribution >= 0.6 is 27.3 Å². The topological polar surface area (TPSA) is 75.3 Å². The van der Waals surface area contributed by atoms with Gasteiger partial charge in [-0.2, -0.15) is 0 Å². The second kappa shape index (κ2) is 6.08. The summed E-state index contributed by atoms with van der Waals surface area (Å²) in [5.41, 5.74) is 6.84. The van der Waals surface area contributed by atoms with Gasteiger partial charge in [0.1, 0.15) is 0 Å². The van der Waals surface area contributed by atoms with E-state index in [2.05, 4.69) is 27.3 Å². The Bertz CT molecular complexity index is 598. The molecule has 100 valence electrons. The van der Waals surface area contributed by atoms with Crippen LogP contribution in [0.1, 0.15) is 15.2 Å². The number of carboxylic acid groups (broad SMARTS) is 1. The Morgan fingerprint density at radius 2 is 2.16 bits per heavy atom. The minimum Gasteiger partial charge on any atom is -0.478 e. The summed E-state index contributed by atoms with van der Waals surface area (Å²) in [5.74, 6) is -0.978. The number of nitrogens with one attached hydrogen (secondary N) is 1. The van der Waals surface area contributed by atoms with E-state index in [-0.39, 0.29) is 5.56 Å². The Morgan fingerprint density at radius 3 is 2.79 bits per heavy atom. The van der Waals surface area contributed by atoms with E-state index in [1.807, 2.05) is 6.07 Å². The highest BCUT2D eigenvalue weighted by Crippen LogP contribution is 2.23. The van der Waals surface area contributed by atoms with Crippen LogP contribution in [0.5, 0.6) is 0 Å². The average molecular weight is 341 g/mol. The Labute approximate surface area is 123 Å². The molecule has 6 heteroatoms. The number of rotatable bonds is 5. The normalized spacial score (nSPS) is 10.4. The lowest BCUT2D eigenvalue weighted by Crippen LogP contribution is -2.09. The molecule has 1 aromatic heterocycles. The third kappa shape index (κ3) is 3.71. The molecular formula is C13H13BrN2O2S. The maximum absolute atomic E-state index is 11.1. The van der Waals surface area contributed by atoms with Crippen molar-refractivity contribution in [3.63, 3.8) is 0 Å². The van der Waals surface area contributed by atoms with Gasteiger partial charge < -0.3 is 16.2 Å². The van der Waals surface area contributed by atoms with Crippen molar-refractivity contribution in [1.29, 1.82) is 0 Å². The van der Waals surface area contributed by atoms with Crippen LogP contribution in [0, 0.1) is 0 Å². The summed E-state index contributed by atoms with van der Waals surface area (Å²) in [7, 11) is 0. The molecule has 0 amide bonds. The first kappa shape index (κ1) is 13.9. The number of aromatic carboxylic acids is 1. The number of hydrogen-bond donors (Lipinski definition) is 3. The molecule has 1 heterocycles. The maximum Gasteiger partial charge on any atom is 0.337 e. The quantitative estimate of drug-likeness (QED) is 0.728. The van der Waals surface area contributed by atoms with E-state index >= 15 is 0 Å². The number of hydrogen-bond acceptors (Lipinski definition) is 4. The Balaban J connectivity index is 2.01. The summed E-state index contributed by atoms with van der Waals surface area (Å²) in [4.78, 5) is 12.4. The van der Waals surface area contributed by atoms with Crippen LogP contribution in [0.3, 0.4) is 0 Å². The zero-order valence-corrected chi connectivity index (χ0v) is 12.4. The van der Waals surface area contributed by atoms with E-state index in [1.165, 1.54) is 10.9 Å². The van der Waals surface area contributed by atoms with Crippen LogP contribution < -0.4 is 11.1 Å². The van der Waals surface area contributed by atoms with E-state index in [0.717, 1.165) is 10.2 Å². The molecule has 0 atom stereocenters. The fourth-order valence-electron chi connectivity index (χ4n) is 1.70. The largest absolute Gasteiger partial charge is 0.478 e. The van der Waals surface area contributed by atoms with Gasteiger partial charge in [0, 0.05) is 22.8 Å². The lowest BCUT2D eigenvalue weighted by molar-refractivity contribution is 0.0698. The number of halogens is 1. The molecule has 0 bridgehead atoms. The second-order valence-electron chi connectivity index (χ2n) is 3.99. The molecule has 4 N–H and O–H groups in total. The van der Waals surface area contributed by atoms with Gasteiger partial charge in [-0.05, 0) is 52.7 Å². The van der Waals surface area contributed by atoms with Crippen LogP contribution in [0.4, 0.5) is 11.4 Å². The SMILES string of the molecule is Nc1ccc(NCCc2ccc(Br)s2)c(C(=O)O)c1. The molecule has 0 aliphatic rings. The highest BCUT2D eigenvalue weighted by atomic mass is 79.9. The third-order valence-corrected chi connectivity index (χ3v) is 4.27. The van der Waals surface area contributed by atoms with Gasteiger partial charge in [-0.25, -0.2) is 4.79 Å². The smallest absolute Gasteiger partial charge is 0.337 e. The summed E-state index contributed by atoms with van der Waals surface area (Å²) in [5, 5.41) is 12.2. The lowest BCUT2D eigenvalue weighted by atomic mass is 10.1. The van der Waals surface area contributed by atoms with Gasteiger partial charge >= 0.3 is 5.97 Å². The number of thiophene rings is 1. The molecule has 2 rings (SSSR count). The molecular weight excluding hydrogens is 328 g/mol. The molecule has 0 fully saturated rings. The van der Waals surface area contributed by atoms with E-state index in [0.29, 0.717) is 17.9 Å². The summed E-state index contributed by atoms with van der Waals surface area (Å²) < 4.78 is 1.10. The van der Waals surface area contributed by atoms with Gasteiger partial charge in [0.05, 0.1) is 9.35 Å². The molecule has 1 aromatic carbocycles. The molecule has 0 aliphatic heterocycles. The van der Waals surface area contributed by atoms with E-state index < -0.39 is 5.97 Å². The third-order valence-electron chi connectivity index (χ3n) is 2.59. The first-order chi connectivity index (χ1) is 9.06. The lowest BCUT2D eigenvalue weighted by Gasteiger charge is -2.09. The molecule has 0 unspecified atom stereocenters. The fourth-order valence-corrected chi connectivity index (χ4v) is 3.18. The summed E-state index contributed by atoms with van der Waals surface area (Å²) in [6.07, 6.45) is 0.847. The minimum atomic E-state index is -0.978. The number of anilines is 2. The first-order valence-electron chi connectivity index (χ1n) is 5.67. The van der Waals surface area contributed by atoms with Gasteiger partial charge in [0.2, 0.25) is 0 Å². The van der Waals surface area contributed by atoms with Crippen molar-refractivity contribution in [1.82, 2.24) is 0 Å². The van der Waals surface area contributed by atoms with Crippen molar-refractivity contribution in [2.24, 2.45) is 0 Å². The monoisotopic (exact) mass is 340 g/mol. The molecule has 2 aromatic rings. The van der Waals surface area contributed by atoms with Crippen molar-refractivity contribution in [3.05, 3.63) is 44.6 Å². The van der Waals surface area contributed by atoms with Crippen LogP contribution in [0.25, 0.3) is 0 Å². The highest BCUT2D eigenvalue weighted by molar-refractivity contribution is 9.11. The van der Waals surface area contributed by atoms with Gasteiger partial charge in [0.25, 0.3) is 0 Å². The average Bonchev–Trinajstić information content (AvgIpc) is 2.77. The highest BCUT2D eigenvalue weighted by Gasteiger charge is 2.10. The van der Waals surface area contributed by atoms with Crippen LogP contribution in [0.15, 0.2) is 34.1 Å². The van der Waals surface area contributed by atoms with Crippen LogP contribution in [-0.2, 0) is 6.42 Å². The fraction of sp³-hybridized carbons (Fsp3) is 0.154. The zero-order chi connectivity index (χ0) is 13.8. The predicted molar refractivity (Wildman–Crippen MR) is 82.0 cm³/mol. The van der Waals surface area contributed by atoms with Gasteiger partial charge in [-0.1, -0.05) is 0 Å². The molecule has 0 saturated carbocycles. The van der Waals surface area contributed by atoms with Crippen molar-refractivity contribution < 1.29 is 9.90 Å². The van der Waals surface area contributed by atoms with Gasteiger partial charge in [-0.15, -0.1) is 11.3 Å². The number of benzene rings is 1. The number of carbonyl (C=O) groups is 1. The Morgan fingerprint density at radius 1 is 1.37 bits per heavy atom.